The van der Waals surface area contributed by atoms with Gasteiger partial charge >= 0.3 is 6.09 Å². The van der Waals surface area contributed by atoms with Crippen molar-refractivity contribution in [2.24, 2.45) is 0 Å². The zero-order valence-electron chi connectivity index (χ0n) is 14.6. The van der Waals surface area contributed by atoms with E-state index in [2.05, 4.69) is 20.6 Å². The molecule has 0 unspecified atom stereocenters. The maximum absolute atomic E-state index is 11.7. The number of pyridine rings is 1. The second-order valence-electron chi connectivity index (χ2n) is 5.59. The predicted octanol–water partition coefficient (Wildman–Crippen LogP) is 4.19. The van der Waals surface area contributed by atoms with Crippen LogP contribution < -0.4 is 10.6 Å². The third-order valence-corrected chi connectivity index (χ3v) is 4.54. The number of ether oxygens (including phenoxy) is 1. The summed E-state index contributed by atoms with van der Waals surface area (Å²) in [6.45, 7) is 5.32. The van der Waals surface area contributed by atoms with E-state index in [9.17, 15) is 9.59 Å². The van der Waals surface area contributed by atoms with Crippen LogP contribution >= 0.6 is 11.3 Å². The first-order valence-electron chi connectivity index (χ1n) is 8.05. The van der Waals surface area contributed by atoms with Gasteiger partial charge < -0.3 is 10.1 Å². The van der Waals surface area contributed by atoms with E-state index in [-0.39, 0.29) is 5.91 Å². The molecular weight excluding hydrogens is 352 g/mol. The van der Waals surface area contributed by atoms with Crippen molar-refractivity contribution in [1.82, 2.24) is 9.97 Å². The molecule has 3 aromatic rings. The van der Waals surface area contributed by atoms with Crippen molar-refractivity contribution < 1.29 is 14.3 Å². The standard InChI is InChI=1S/C18H18N4O3S/c1-4-25-18(24)22-15-7-13(9-19-10(15)2)12-5-6-14-16(8-12)26-17(21-14)20-11(3)23/h5-9H,4H2,1-3H3,(H,22,24)(H,20,21,23). The molecule has 0 fully saturated rings. The lowest BCUT2D eigenvalue weighted by Gasteiger charge is -2.10. The average Bonchev–Trinajstić information content (AvgIpc) is 2.97. The predicted molar refractivity (Wildman–Crippen MR) is 103 cm³/mol. The number of aryl methyl sites for hydroxylation is 1. The van der Waals surface area contributed by atoms with Crippen LogP contribution in [0.25, 0.3) is 21.3 Å². The lowest BCUT2D eigenvalue weighted by atomic mass is 10.1. The van der Waals surface area contributed by atoms with Crippen LogP contribution in [0.5, 0.6) is 0 Å². The van der Waals surface area contributed by atoms with Crippen LogP contribution in [0.1, 0.15) is 19.5 Å². The number of benzene rings is 1. The molecule has 0 bridgehead atoms. The smallest absolute Gasteiger partial charge is 0.411 e. The van der Waals surface area contributed by atoms with Gasteiger partial charge in [0.15, 0.2) is 5.13 Å². The van der Waals surface area contributed by atoms with Gasteiger partial charge in [0, 0.05) is 18.7 Å². The van der Waals surface area contributed by atoms with Crippen molar-refractivity contribution in [3.05, 3.63) is 36.2 Å². The Balaban J connectivity index is 1.92. The number of hydrogen-bond donors (Lipinski definition) is 2. The topological polar surface area (TPSA) is 93.2 Å². The molecule has 2 aromatic heterocycles. The number of hydrogen-bond acceptors (Lipinski definition) is 6. The maximum atomic E-state index is 11.7. The molecule has 26 heavy (non-hydrogen) atoms. The third-order valence-electron chi connectivity index (χ3n) is 3.60. The fourth-order valence-corrected chi connectivity index (χ4v) is 3.35. The highest BCUT2D eigenvalue weighted by atomic mass is 32.1. The average molecular weight is 370 g/mol. The molecule has 0 aliphatic rings. The summed E-state index contributed by atoms with van der Waals surface area (Å²) in [6.07, 6.45) is 1.25. The summed E-state index contributed by atoms with van der Waals surface area (Å²) < 4.78 is 5.87. The molecule has 0 aliphatic carbocycles. The van der Waals surface area contributed by atoms with E-state index in [4.69, 9.17) is 4.74 Å². The molecule has 134 valence electrons. The summed E-state index contributed by atoms with van der Waals surface area (Å²) in [5.74, 6) is -0.151. The van der Waals surface area contributed by atoms with Gasteiger partial charge in [-0.15, -0.1) is 0 Å². The van der Waals surface area contributed by atoms with Crippen LogP contribution in [0.4, 0.5) is 15.6 Å². The van der Waals surface area contributed by atoms with Crippen LogP contribution in [0.15, 0.2) is 30.5 Å². The highest BCUT2D eigenvalue weighted by Gasteiger charge is 2.10. The molecule has 1 aromatic carbocycles. The van der Waals surface area contributed by atoms with E-state index in [0.717, 1.165) is 21.3 Å². The Labute approximate surface area is 154 Å². The van der Waals surface area contributed by atoms with Gasteiger partial charge in [-0.2, -0.15) is 0 Å². The Morgan fingerprint density at radius 1 is 1.19 bits per heavy atom. The number of fused-ring (bicyclic) bond motifs is 1. The summed E-state index contributed by atoms with van der Waals surface area (Å²) in [6, 6.07) is 7.67. The van der Waals surface area contributed by atoms with Gasteiger partial charge in [-0.05, 0) is 37.6 Å². The Hall–Kier alpha value is -3.00. The van der Waals surface area contributed by atoms with Gasteiger partial charge in [0.25, 0.3) is 0 Å². The number of carbonyl (C=O) groups is 2. The zero-order valence-corrected chi connectivity index (χ0v) is 15.4. The van der Waals surface area contributed by atoms with E-state index in [0.29, 0.717) is 23.1 Å². The highest BCUT2D eigenvalue weighted by molar-refractivity contribution is 7.22. The molecule has 0 aliphatic heterocycles. The fourth-order valence-electron chi connectivity index (χ4n) is 2.40. The first-order valence-corrected chi connectivity index (χ1v) is 8.87. The third kappa shape index (κ3) is 3.97. The number of nitrogens with zero attached hydrogens (tertiary/aromatic N) is 2. The SMILES string of the molecule is CCOC(=O)Nc1cc(-c2ccc3nc(NC(C)=O)sc3c2)cnc1C. The summed E-state index contributed by atoms with van der Waals surface area (Å²) in [5.41, 5.74) is 3.92. The normalized spacial score (nSPS) is 10.6. The number of aromatic nitrogens is 2. The molecule has 0 atom stereocenters. The molecular formula is C18H18N4O3S. The van der Waals surface area contributed by atoms with Crippen LogP contribution in [-0.4, -0.2) is 28.6 Å². The molecule has 3 rings (SSSR count). The second kappa shape index (κ2) is 7.49. The van der Waals surface area contributed by atoms with E-state index in [1.54, 1.807) is 13.1 Å². The number of amides is 2. The minimum Gasteiger partial charge on any atom is -0.450 e. The van der Waals surface area contributed by atoms with Crippen molar-refractivity contribution in [2.75, 3.05) is 17.2 Å². The Bertz CT molecular complexity index is 984. The van der Waals surface area contributed by atoms with Gasteiger partial charge in [-0.3, -0.25) is 15.1 Å². The first kappa shape index (κ1) is 17.8. The Morgan fingerprint density at radius 3 is 2.73 bits per heavy atom. The van der Waals surface area contributed by atoms with Crippen molar-refractivity contribution in [2.45, 2.75) is 20.8 Å². The molecule has 0 saturated carbocycles. The van der Waals surface area contributed by atoms with Crippen LogP contribution in [0.3, 0.4) is 0 Å². The van der Waals surface area contributed by atoms with E-state index >= 15 is 0 Å². The van der Waals surface area contributed by atoms with Crippen LogP contribution in [0, 0.1) is 6.92 Å². The van der Waals surface area contributed by atoms with Gasteiger partial charge in [-0.25, -0.2) is 9.78 Å². The van der Waals surface area contributed by atoms with E-state index in [1.807, 2.05) is 31.2 Å². The minimum absolute atomic E-state index is 0.151. The highest BCUT2D eigenvalue weighted by Crippen LogP contribution is 2.31. The molecule has 0 spiro atoms. The summed E-state index contributed by atoms with van der Waals surface area (Å²) in [4.78, 5) is 31.6. The van der Waals surface area contributed by atoms with Gasteiger partial charge in [0.1, 0.15) is 0 Å². The van der Waals surface area contributed by atoms with Gasteiger partial charge in [0.2, 0.25) is 5.91 Å². The Morgan fingerprint density at radius 2 is 2.00 bits per heavy atom. The van der Waals surface area contributed by atoms with Gasteiger partial charge in [0.05, 0.1) is 28.2 Å². The van der Waals surface area contributed by atoms with Crippen LogP contribution in [0.2, 0.25) is 0 Å². The number of carbonyl (C=O) groups excluding carboxylic acids is 2. The second-order valence-corrected chi connectivity index (χ2v) is 6.62. The number of thiazole rings is 1. The van der Waals surface area contributed by atoms with Crippen LogP contribution in [-0.2, 0) is 9.53 Å². The largest absolute Gasteiger partial charge is 0.450 e. The van der Waals surface area contributed by atoms with Crippen molar-refractivity contribution in [3.63, 3.8) is 0 Å². The lowest BCUT2D eigenvalue weighted by Crippen LogP contribution is -2.14. The van der Waals surface area contributed by atoms with E-state index < -0.39 is 6.09 Å². The zero-order chi connectivity index (χ0) is 18.7. The van der Waals surface area contributed by atoms with E-state index in [1.165, 1.54) is 18.3 Å². The lowest BCUT2D eigenvalue weighted by molar-refractivity contribution is -0.114. The van der Waals surface area contributed by atoms with Crippen molar-refractivity contribution in [3.8, 4) is 11.1 Å². The Kier molecular flexibility index (Phi) is 5.13. The molecule has 2 heterocycles. The maximum Gasteiger partial charge on any atom is 0.411 e. The van der Waals surface area contributed by atoms with Gasteiger partial charge in [-0.1, -0.05) is 17.4 Å². The fraction of sp³-hybridized carbons (Fsp3) is 0.222. The molecule has 0 saturated heterocycles. The monoisotopic (exact) mass is 370 g/mol. The molecule has 2 amide bonds. The summed E-state index contributed by atoms with van der Waals surface area (Å²) >= 11 is 1.41. The number of rotatable bonds is 4. The quantitative estimate of drug-likeness (QED) is 0.718. The molecule has 2 N–H and O–H groups in total. The van der Waals surface area contributed by atoms with Crippen molar-refractivity contribution >= 4 is 44.4 Å². The van der Waals surface area contributed by atoms with Crippen molar-refractivity contribution in [1.29, 1.82) is 0 Å². The molecule has 7 nitrogen and oxygen atoms in total. The number of nitrogens with one attached hydrogen (secondary N) is 2. The summed E-state index contributed by atoms with van der Waals surface area (Å²) in [7, 11) is 0. The molecule has 0 radical (unpaired) electrons. The first-order chi connectivity index (χ1) is 12.5. The number of anilines is 2. The summed E-state index contributed by atoms with van der Waals surface area (Å²) in [5, 5.41) is 5.97. The molecule has 8 heteroatoms. The minimum atomic E-state index is -0.507.